The number of benzene rings is 2. The lowest BCUT2D eigenvalue weighted by molar-refractivity contribution is -0.123. The second-order valence-corrected chi connectivity index (χ2v) is 6.10. The molecule has 2 aromatic rings. The van der Waals surface area contributed by atoms with E-state index in [9.17, 15) is 4.79 Å². The maximum Gasteiger partial charge on any atom is 0.239 e. The van der Waals surface area contributed by atoms with Crippen molar-refractivity contribution in [2.45, 2.75) is 6.04 Å². The van der Waals surface area contributed by atoms with Gasteiger partial charge in [-0.25, -0.2) is 0 Å². The van der Waals surface area contributed by atoms with E-state index in [0.29, 0.717) is 0 Å². The number of hydrogen-bond acceptors (Lipinski definition) is 3. The molecule has 0 aliphatic carbocycles. The predicted octanol–water partition coefficient (Wildman–Crippen LogP) is 2.69. The van der Waals surface area contributed by atoms with Gasteiger partial charge in [0.25, 0.3) is 0 Å². The number of carbonyl (C=O) groups is 1. The first-order chi connectivity index (χ1) is 11.2. The summed E-state index contributed by atoms with van der Waals surface area (Å²) in [7, 11) is 0. The summed E-state index contributed by atoms with van der Waals surface area (Å²) in [5.41, 5.74) is 7.65. The van der Waals surface area contributed by atoms with Gasteiger partial charge in [0.05, 0.1) is 10.7 Å². The van der Waals surface area contributed by atoms with Crippen LogP contribution in [0.15, 0.2) is 54.6 Å². The van der Waals surface area contributed by atoms with Gasteiger partial charge in [0, 0.05) is 26.2 Å². The van der Waals surface area contributed by atoms with Gasteiger partial charge < -0.3 is 10.6 Å². The zero-order valence-electron chi connectivity index (χ0n) is 12.9. The first kappa shape index (κ1) is 15.8. The van der Waals surface area contributed by atoms with E-state index in [-0.39, 0.29) is 11.9 Å². The number of nitrogens with zero attached hydrogens (tertiary/aromatic N) is 2. The topological polar surface area (TPSA) is 49.6 Å². The molecule has 5 heteroatoms. The molecule has 1 aliphatic rings. The third-order valence-corrected chi connectivity index (χ3v) is 4.58. The summed E-state index contributed by atoms with van der Waals surface area (Å²) < 4.78 is 0. The van der Waals surface area contributed by atoms with Crippen molar-refractivity contribution in [3.63, 3.8) is 0 Å². The van der Waals surface area contributed by atoms with Gasteiger partial charge in [0.2, 0.25) is 5.91 Å². The molecule has 0 radical (unpaired) electrons. The van der Waals surface area contributed by atoms with Gasteiger partial charge in [-0.3, -0.25) is 9.69 Å². The SMILES string of the molecule is NC(=O)[C@H](c1ccccc1)N1CCN(c2ccccc2Cl)CC1. The monoisotopic (exact) mass is 329 g/mol. The van der Waals surface area contributed by atoms with Gasteiger partial charge in [-0.05, 0) is 17.7 Å². The third kappa shape index (κ3) is 3.49. The van der Waals surface area contributed by atoms with Crippen molar-refractivity contribution in [3.8, 4) is 0 Å². The second-order valence-electron chi connectivity index (χ2n) is 5.69. The number of primary amides is 1. The number of nitrogens with two attached hydrogens (primary N) is 1. The van der Waals surface area contributed by atoms with Crippen LogP contribution < -0.4 is 10.6 Å². The second kappa shape index (κ2) is 7.02. The summed E-state index contributed by atoms with van der Waals surface area (Å²) in [6.07, 6.45) is 0. The normalized spacial score (nSPS) is 17.0. The first-order valence-corrected chi connectivity index (χ1v) is 8.12. The molecule has 1 heterocycles. The quantitative estimate of drug-likeness (QED) is 0.938. The summed E-state index contributed by atoms with van der Waals surface area (Å²) >= 11 is 6.27. The number of hydrogen-bond donors (Lipinski definition) is 1. The largest absolute Gasteiger partial charge is 0.368 e. The highest BCUT2D eigenvalue weighted by atomic mass is 35.5. The average Bonchev–Trinajstić information content (AvgIpc) is 2.57. The van der Waals surface area contributed by atoms with Crippen LogP contribution in [0.3, 0.4) is 0 Å². The molecule has 1 aliphatic heterocycles. The summed E-state index contributed by atoms with van der Waals surface area (Å²) in [6, 6.07) is 17.2. The van der Waals surface area contributed by atoms with E-state index in [0.717, 1.165) is 42.5 Å². The highest BCUT2D eigenvalue weighted by Crippen LogP contribution is 2.28. The van der Waals surface area contributed by atoms with E-state index < -0.39 is 0 Å². The maximum absolute atomic E-state index is 12.0. The van der Waals surface area contributed by atoms with E-state index >= 15 is 0 Å². The molecule has 0 spiro atoms. The van der Waals surface area contributed by atoms with Gasteiger partial charge in [-0.15, -0.1) is 0 Å². The fourth-order valence-electron chi connectivity index (χ4n) is 3.12. The fourth-order valence-corrected chi connectivity index (χ4v) is 3.37. The van der Waals surface area contributed by atoms with Crippen LogP contribution in [0.1, 0.15) is 11.6 Å². The molecule has 1 amide bonds. The Morgan fingerprint density at radius 1 is 0.957 bits per heavy atom. The van der Waals surface area contributed by atoms with Crippen molar-refractivity contribution in [2.75, 3.05) is 31.1 Å². The van der Waals surface area contributed by atoms with E-state index in [1.54, 1.807) is 0 Å². The number of amides is 1. The molecular formula is C18H20ClN3O. The Labute approximate surface area is 141 Å². The Bertz CT molecular complexity index is 669. The predicted molar refractivity (Wildman–Crippen MR) is 93.6 cm³/mol. The summed E-state index contributed by atoms with van der Waals surface area (Å²) in [6.45, 7) is 3.18. The van der Waals surface area contributed by atoms with Gasteiger partial charge in [0.15, 0.2) is 0 Å². The minimum Gasteiger partial charge on any atom is -0.368 e. The van der Waals surface area contributed by atoms with E-state index in [2.05, 4.69) is 9.80 Å². The molecule has 2 aromatic carbocycles. The van der Waals surface area contributed by atoms with Crippen LogP contribution in [-0.4, -0.2) is 37.0 Å². The summed E-state index contributed by atoms with van der Waals surface area (Å²) in [5.74, 6) is -0.303. The minimum atomic E-state index is -0.371. The van der Waals surface area contributed by atoms with E-state index in [1.165, 1.54) is 0 Å². The number of piperazine rings is 1. The van der Waals surface area contributed by atoms with Crippen LogP contribution in [0.5, 0.6) is 0 Å². The standard InChI is InChI=1S/C18H20ClN3O/c19-15-8-4-5-9-16(15)21-10-12-22(13-11-21)17(18(20)23)14-6-2-1-3-7-14/h1-9,17H,10-13H2,(H2,20,23)/t17-/m0/s1. The third-order valence-electron chi connectivity index (χ3n) is 4.26. The van der Waals surface area contributed by atoms with Gasteiger partial charge >= 0.3 is 0 Å². The van der Waals surface area contributed by atoms with Crippen molar-refractivity contribution in [1.29, 1.82) is 0 Å². The number of carbonyl (C=O) groups excluding carboxylic acids is 1. The molecule has 1 atom stereocenters. The van der Waals surface area contributed by atoms with Crippen molar-refractivity contribution in [1.82, 2.24) is 4.90 Å². The number of rotatable bonds is 4. The molecule has 0 unspecified atom stereocenters. The molecule has 120 valence electrons. The fraction of sp³-hybridized carbons (Fsp3) is 0.278. The Morgan fingerprint density at radius 2 is 1.57 bits per heavy atom. The van der Waals surface area contributed by atoms with Crippen molar-refractivity contribution < 1.29 is 4.79 Å². The lowest BCUT2D eigenvalue weighted by Crippen LogP contribution is -2.50. The van der Waals surface area contributed by atoms with Crippen molar-refractivity contribution in [3.05, 3.63) is 65.2 Å². The molecule has 2 N–H and O–H groups in total. The lowest BCUT2D eigenvalue weighted by atomic mass is 10.0. The van der Waals surface area contributed by atoms with E-state index in [1.807, 2.05) is 54.6 Å². The Kier molecular flexibility index (Phi) is 4.84. The van der Waals surface area contributed by atoms with Crippen LogP contribution in [-0.2, 0) is 4.79 Å². The zero-order chi connectivity index (χ0) is 16.2. The molecule has 3 rings (SSSR count). The van der Waals surface area contributed by atoms with Crippen molar-refractivity contribution in [2.24, 2.45) is 5.73 Å². The lowest BCUT2D eigenvalue weighted by Gasteiger charge is -2.39. The van der Waals surface area contributed by atoms with Gasteiger partial charge in [-0.1, -0.05) is 54.1 Å². The van der Waals surface area contributed by atoms with Gasteiger partial charge in [0.1, 0.15) is 6.04 Å². The Hall–Kier alpha value is -2.04. The minimum absolute atomic E-state index is 0.303. The number of para-hydroxylation sites is 1. The highest BCUT2D eigenvalue weighted by Gasteiger charge is 2.29. The molecular weight excluding hydrogens is 310 g/mol. The molecule has 4 nitrogen and oxygen atoms in total. The van der Waals surface area contributed by atoms with Crippen LogP contribution in [0.4, 0.5) is 5.69 Å². The Balaban J connectivity index is 1.72. The van der Waals surface area contributed by atoms with Gasteiger partial charge in [-0.2, -0.15) is 0 Å². The van der Waals surface area contributed by atoms with Crippen LogP contribution in [0, 0.1) is 0 Å². The molecule has 1 fully saturated rings. The van der Waals surface area contributed by atoms with E-state index in [4.69, 9.17) is 17.3 Å². The smallest absolute Gasteiger partial charge is 0.239 e. The maximum atomic E-state index is 12.0. The summed E-state index contributed by atoms with van der Waals surface area (Å²) in [4.78, 5) is 16.3. The highest BCUT2D eigenvalue weighted by molar-refractivity contribution is 6.33. The zero-order valence-corrected chi connectivity index (χ0v) is 13.6. The van der Waals surface area contributed by atoms with Crippen LogP contribution in [0.25, 0.3) is 0 Å². The molecule has 23 heavy (non-hydrogen) atoms. The van der Waals surface area contributed by atoms with Crippen LogP contribution >= 0.6 is 11.6 Å². The average molecular weight is 330 g/mol. The summed E-state index contributed by atoms with van der Waals surface area (Å²) in [5, 5.41) is 0.760. The molecule has 0 saturated carbocycles. The first-order valence-electron chi connectivity index (χ1n) is 7.74. The molecule has 1 saturated heterocycles. The number of halogens is 1. The molecule has 0 aromatic heterocycles. The Morgan fingerprint density at radius 3 is 2.17 bits per heavy atom. The molecule has 0 bridgehead atoms. The van der Waals surface area contributed by atoms with Crippen LogP contribution in [0.2, 0.25) is 5.02 Å². The van der Waals surface area contributed by atoms with Crippen molar-refractivity contribution >= 4 is 23.2 Å². The number of anilines is 1.